The number of anilines is 2. The first-order valence-electron chi connectivity index (χ1n) is 10.8. The lowest BCUT2D eigenvalue weighted by molar-refractivity contribution is -0.109. The number of rotatable bonds is 10. The largest absolute Gasteiger partial charge is 0.357 e. The number of carbonyl (C=O) groups is 1. The third-order valence-electron chi connectivity index (χ3n) is 4.90. The van der Waals surface area contributed by atoms with E-state index in [1.807, 2.05) is 38.1 Å². The van der Waals surface area contributed by atoms with E-state index in [1.54, 1.807) is 0 Å². The quantitative estimate of drug-likeness (QED) is 0.279. The van der Waals surface area contributed by atoms with Crippen molar-refractivity contribution < 1.29 is 4.79 Å². The Kier molecular flexibility index (Phi) is 8.20. The molecular weight excluding hydrogens is 414 g/mol. The van der Waals surface area contributed by atoms with Gasteiger partial charge in [-0.25, -0.2) is 9.97 Å². The minimum atomic E-state index is 0.160. The van der Waals surface area contributed by atoms with Crippen LogP contribution in [0.3, 0.4) is 0 Å². The van der Waals surface area contributed by atoms with Crippen molar-refractivity contribution in [2.75, 3.05) is 18.4 Å². The molecule has 0 saturated heterocycles. The van der Waals surface area contributed by atoms with Gasteiger partial charge in [0.25, 0.3) is 0 Å². The van der Waals surface area contributed by atoms with E-state index in [9.17, 15) is 4.79 Å². The van der Waals surface area contributed by atoms with Crippen LogP contribution >= 0.6 is 11.6 Å². The zero-order valence-corrected chi connectivity index (χ0v) is 19.0. The second kappa shape index (κ2) is 11.1. The van der Waals surface area contributed by atoms with Crippen LogP contribution in [0.25, 0.3) is 10.9 Å². The smallest absolute Gasteiger partial charge is 0.207 e. The lowest BCUT2D eigenvalue weighted by atomic mass is 10.2. The molecule has 4 N–H and O–H groups in total. The highest BCUT2D eigenvalue weighted by Crippen LogP contribution is 2.39. The summed E-state index contributed by atoms with van der Waals surface area (Å²) in [5.74, 6) is 2.76. The summed E-state index contributed by atoms with van der Waals surface area (Å²) in [5.41, 5.74) is 1.99. The molecule has 1 atom stereocenters. The fraction of sp³-hybridized carbons (Fsp3) is 0.455. The summed E-state index contributed by atoms with van der Waals surface area (Å²) in [7, 11) is 0. The molecule has 3 aromatic rings. The number of amides is 1. The summed E-state index contributed by atoms with van der Waals surface area (Å²) in [6.07, 6.45) is 3.78. The molecule has 31 heavy (non-hydrogen) atoms. The van der Waals surface area contributed by atoms with Crippen molar-refractivity contribution in [2.45, 2.75) is 52.0 Å². The van der Waals surface area contributed by atoms with E-state index in [2.05, 4.69) is 33.1 Å². The third kappa shape index (κ3) is 6.38. The molecule has 166 valence electrons. The molecule has 0 radical (unpaired) electrons. The van der Waals surface area contributed by atoms with Crippen LogP contribution in [0.2, 0.25) is 5.02 Å². The molecule has 0 bridgehead atoms. The van der Waals surface area contributed by atoms with E-state index in [0.29, 0.717) is 42.7 Å². The number of hydrogen-bond acceptors (Lipinski definition) is 6. The summed E-state index contributed by atoms with van der Waals surface area (Å²) in [6, 6.07) is 7.80. The summed E-state index contributed by atoms with van der Waals surface area (Å²) < 4.78 is 0. The second-order valence-corrected chi connectivity index (χ2v) is 7.83. The molecule has 9 heteroatoms. The highest BCUT2D eigenvalue weighted by atomic mass is 35.5. The molecule has 1 aliphatic carbocycles. The Morgan fingerprint density at radius 3 is 2.77 bits per heavy atom. The highest BCUT2D eigenvalue weighted by molar-refractivity contribution is 6.31. The van der Waals surface area contributed by atoms with Crippen LogP contribution in [0.5, 0.6) is 0 Å². The second-order valence-electron chi connectivity index (χ2n) is 7.39. The first kappa shape index (κ1) is 23.0. The minimum absolute atomic E-state index is 0.160. The molecule has 0 aliphatic heterocycles. The Hall–Kier alpha value is -2.71. The van der Waals surface area contributed by atoms with Gasteiger partial charge in [-0.1, -0.05) is 25.4 Å². The van der Waals surface area contributed by atoms with E-state index >= 15 is 0 Å². The van der Waals surface area contributed by atoms with Gasteiger partial charge in [0.15, 0.2) is 5.82 Å². The van der Waals surface area contributed by atoms with Gasteiger partial charge in [0, 0.05) is 53.6 Å². The van der Waals surface area contributed by atoms with Gasteiger partial charge in [-0.05, 0) is 38.0 Å². The Balaban J connectivity index is 0.00000132. The topological polar surface area (TPSA) is 108 Å². The number of hydrogen-bond donors (Lipinski definition) is 4. The summed E-state index contributed by atoms with van der Waals surface area (Å²) >= 11 is 6.21. The lowest BCUT2D eigenvalue weighted by Crippen LogP contribution is -2.34. The minimum Gasteiger partial charge on any atom is -0.357 e. The first-order chi connectivity index (χ1) is 15.1. The molecule has 1 fully saturated rings. The maximum absolute atomic E-state index is 10.3. The zero-order valence-electron chi connectivity index (χ0n) is 18.2. The number of fused-ring (bicyclic) bond motifs is 1. The summed E-state index contributed by atoms with van der Waals surface area (Å²) in [6.45, 7) is 7.34. The van der Waals surface area contributed by atoms with E-state index in [-0.39, 0.29) is 6.04 Å². The van der Waals surface area contributed by atoms with Gasteiger partial charge in [-0.2, -0.15) is 5.10 Å². The Bertz CT molecular complexity index is 1000. The molecule has 1 saturated carbocycles. The van der Waals surface area contributed by atoms with Crippen molar-refractivity contribution in [3.8, 4) is 0 Å². The first-order valence-corrected chi connectivity index (χ1v) is 11.2. The van der Waals surface area contributed by atoms with Crippen LogP contribution < -0.4 is 16.0 Å². The molecule has 1 aliphatic rings. The molecule has 4 rings (SSSR count). The van der Waals surface area contributed by atoms with Gasteiger partial charge in [-0.15, -0.1) is 0 Å². The Morgan fingerprint density at radius 1 is 1.23 bits per heavy atom. The predicted molar refractivity (Wildman–Crippen MR) is 125 cm³/mol. The third-order valence-corrected chi connectivity index (χ3v) is 5.13. The number of nitrogens with zero attached hydrogens (tertiary/aromatic N) is 3. The normalized spacial score (nSPS) is 13.9. The molecule has 1 aromatic carbocycles. The molecule has 8 nitrogen and oxygen atoms in total. The van der Waals surface area contributed by atoms with Crippen molar-refractivity contribution in [2.24, 2.45) is 0 Å². The predicted octanol–water partition coefficient (Wildman–Crippen LogP) is 3.92. The van der Waals surface area contributed by atoms with E-state index < -0.39 is 0 Å². The van der Waals surface area contributed by atoms with Gasteiger partial charge in [-0.3, -0.25) is 9.89 Å². The molecule has 0 spiro atoms. The van der Waals surface area contributed by atoms with Crippen molar-refractivity contribution in [1.29, 1.82) is 0 Å². The van der Waals surface area contributed by atoms with E-state index in [1.165, 1.54) is 12.8 Å². The summed E-state index contributed by atoms with van der Waals surface area (Å²) in [5, 5.41) is 18.3. The fourth-order valence-electron chi connectivity index (χ4n) is 3.26. The molecule has 1 unspecified atom stereocenters. The maximum Gasteiger partial charge on any atom is 0.207 e. The average molecular weight is 444 g/mol. The van der Waals surface area contributed by atoms with Crippen LogP contribution in [0.15, 0.2) is 24.3 Å². The maximum atomic E-state index is 10.3. The molecule has 1 amide bonds. The molecule has 2 aromatic heterocycles. The van der Waals surface area contributed by atoms with Crippen molar-refractivity contribution in [3.05, 3.63) is 40.8 Å². The number of aromatic nitrogens is 4. The zero-order chi connectivity index (χ0) is 22.2. The fourth-order valence-corrected chi connectivity index (χ4v) is 3.43. The number of halogens is 1. The number of aromatic amines is 1. The number of H-pyrrole nitrogens is 1. The standard InChI is InChI=1S/C20H24ClN7O.C2H6/c1-12(23-7-6-22-11-29)8-18-24-16-5-4-14(21)9-15(16)20(25-18)26-19-10-17(27-28-19)13-2-3-13;1-2/h4-5,9-13,23H,2-3,6-8H2,1H3,(H,22,29)(H2,24,25,26,27,28);1-2H3. The number of benzene rings is 1. The van der Waals surface area contributed by atoms with Crippen molar-refractivity contribution >= 4 is 40.5 Å². The van der Waals surface area contributed by atoms with E-state index in [4.69, 9.17) is 21.6 Å². The molecular formula is C22H30ClN7O. The average Bonchev–Trinajstić information content (AvgIpc) is 3.52. The van der Waals surface area contributed by atoms with E-state index in [0.717, 1.165) is 28.2 Å². The highest BCUT2D eigenvalue weighted by Gasteiger charge is 2.25. The Labute approximate surface area is 187 Å². The summed E-state index contributed by atoms with van der Waals surface area (Å²) in [4.78, 5) is 19.8. The van der Waals surface area contributed by atoms with Gasteiger partial charge >= 0.3 is 0 Å². The SMILES string of the molecule is CC.CC(Cc1nc(Nc2cc(C3CC3)[nH]n2)c2cc(Cl)ccc2n1)NCCNC=O. The lowest BCUT2D eigenvalue weighted by Gasteiger charge is -2.14. The van der Waals surface area contributed by atoms with Gasteiger partial charge < -0.3 is 16.0 Å². The molecule has 2 heterocycles. The number of carbonyl (C=O) groups excluding carboxylic acids is 1. The van der Waals surface area contributed by atoms with Crippen LogP contribution in [-0.4, -0.2) is 45.7 Å². The van der Waals surface area contributed by atoms with Crippen LogP contribution in [-0.2, 0) is 11.2 Å². The van der Waals surface area contributed by atoms with Crippen molar-refractivity contribution in [1.82, 2.24) is 30.8 Å². The Morgan fingerprint density at radius 2 is 2.03 bits per heavy atom. The van der Waals surface area contributed by atoms with Crippen molar-refractivity contribution in [3.63, 3.8) is 0 Å². The monoisotopic (exact) mass is 443 g/mol. The van der Waals surface area contributed by atoms with Gasteiger partial charge in [0.2, 0.25) is 6.41 Å². The van der Waals surface area contributed by atoms with Crippen LogP contribution in [0, 0.1) is 0 Å². The van der Waals surface area contributed by atoms with Gasteiger partial charge in [0.05, 0.1) is 5.52 Å². The number of nitrogens with one attached hydrogen (secondary N) is 4. The van der Waals surface area contributed by atoms with Gasteiger partial charge in [0.1, 0.15) is 11.6 Å². The van der Waals surface area contributed by atoms with Crippen LogP contribution in [0.1, 0.15) is 51.0 Å². The van der Waals surface area contributed by atoms with Crippen LogP contribution in [0.4, 0.5) is 11.6 Å².